The fraction of sp³-hybridized carbons (Fsp3) is 0.556. The molecule has 2 fully saturated rings. The van der Waals surface area contributed by atoms with Crippen molar-refractivity contribution in [3.05, 3.63) is 30.1 Å². The van der Waals surface area contributed by atoms with Gasteiger partial charge in [0, 0.05) is 58.1 Å². The molecule has 0 aliphatic carbocycles. The van der Waals surface area contributed by atoms with Crippen molar-refractivity contribution in [2.45, 2.75) is 19.9 Å². The summed E-state index contributed by atoms with van der Waals surface area (Å²) < 4.78 is 4.99. The van der Waals surface area contributed by atoms with Crippen molar-refractivity contribution in [2.24, 2.45) is 5.92 Å². The second-order valence-electron chi connectivity index (χ2n) is 6.54. The van der Waals surface area contributed by atoms with E-state index in [1.165, 1.54) is 0 Å². The summed E-state index contributed by atoms with van der Waals surface area (Å²) in [6.07, 6.45) is 3.31. The summed E-state index contributed by atoms with van der Waals surface area (Å²) in [6, 6.07) is 3.74. The van der Waals surface area contributed by atoms with Crippen LogP contribution in [0.25, 0.3) is 0 Å². The van der Waals surface area contributed by atoms with Crippen LogP contribution < -0.4 is 0 Å². The molecule has 1 unspecified atom stereocenters. The summed E-state index contributed by atoms with van der Waals surface area (Å²) in [6.45, 7) is 4.94. The number of carbonyl (C=O) groups excluding carboxylic acids is 3. The number of hydrogen-bond donors (Lipinski definition) is 0. The Kier molecular flexibility index (Phi) is 5.70. The van der Waals surface area contributed by atoms with Crippen LogP contribution in [0, 0.1) is 5.92 Å². The molecule has 2 aliphatic heterocycles. The van der Waals surface area contributed by atoms with Crippen molar-refractivity contribution >= 4 is 17.9 Å². The van der Waals surface area contributed by atoms with Gasteiger partial charge < -0.3 is 19.4 Å². The molecule has 0 N–H and O–H groups in total. The monoisotopic (exact) mass is 360 g/mol. The summed E-state index contributed by atoms with van der Waals surface area (Å²) in [5, 5.41) is 0. The van der Waals surface area contributed by atoms with Crippen LogP contribution in [0.3, 0.4) is 0 Å². The van der Waals surface area contributed by atoms with Crippen LogP contribution >= 0.6 is 0 Å². The molecule has 1 aromatic heterocycles. The van der Waals surface area contributed by atoms with E-state index in [-0.39, 0.29) is 30.2 Å². The highest BCUT2D eigenvalue weighted by Crippen LogP contribution is 2.22. The number of nitrogens with zero attached hydrogens (tertiary/aromatic N) is 4. The van der Waals surface area contributed by atoms with Gasteiger partial charge in [0.1, 0.15) is 0 Å². The Labute approximate surface area is 152 Å². The maximum atomic E-state index is 12.7. The van der Waals surface area contributed by atoms with E-state index in [1.54, 1.807) is 34.0 Å². The summed E-state index contributed by atoms with van der Waals surface area (Å²) in [5.74, 6) is -0.303. The molecule has 140 valence electrons. The Morgan fingerprint density at radius 1 is 1.15 bits per heavy atom. The SMILES string of the molecule is CCOC(=O)N1CCN(C(=O)C2CC(=O)N(Cc3ccncc3)C2)CC1. The van der Waals surface area contributed by atoms with Crippen molar-refractivity contribution < 1.29 is 19.1 Å². The zero-order valence-electron chi connectivity index (χ0n) is 15.0. The first-order valence-electron chi connectivity index (χ1n) is 8.95. The molecule has 2 aliphatic rings. The van der Waals surface area contributed by atoms with Gasteiger partial charge in [-0.05, 0) is 24.6 Å². The molecule has 3 amide bonds. The third kappa shape index (κ3) is 4.12. The minimum Gasteiger partial charge on any atom is -0.450 e. The molecule has 0 spiro atoms. The fourth-order valence-electron chi connectivity index (χ4n) is 3.38. The zero-order valence-corrected chi connectivity index (χ0v) is 15.0. The third-order valence-electron chi connectivity index (χ3n) is 4.80. The van der Waals surface area contributed by atoms with Gasteiger partial charge in [0.25, 0.3) is 0 Å². The lowest BCUT2D eigenvalue weighted by Crippen LogP contribution is -2.52. The van der Waals surface area contributed by atoms with Gasteiger partial charge in [-0.3, -0.25) is 14.6 Å². The average molecular weight is 360 g/mol. The zero-order chi connectivity index (χ0) is 18.5. The first-order chi connectivity index (χ1) is 12.6. The minimum atomic E-state index is -0.334. The van der Waals surface area contributed by atoms with Gasteiger partial charge in [0.05, 0.1) is 12.5 Å². The van der Waals surface area contributed by atoms with Gasteiger partial charge in [-0.25, -0.2) is 4.79 Å². The van der Waals surface area contributed by atoms with E-state index in [0.717, 1.165) is 5.56 Å². The number of ether oxygens (including phenoxy) is 1. The molecule has 0 aromatic carbocycles. The second kappa shape index (κ2) is 8.16. The number of carbonyl (C=O) groups is 3. The second-order valence-corrected chi connectivity index (χ2v) is 6.54. The van der Waals surface area contributed by atoms with E-state index < -0.39 is 0 Å². The lowest BCUT2D eigenvalue weighted by Gasteiger charge is -2.35. The number of piperazine rings is 1. The van der Waals surface area contributed by atoms with Gasteiger partial charge in [0.2, 0.25) is 11.8 Å². The summed E-state index contributed by atoms with van der Waals surface area (Å²) in [5.41, 5.74) is 1.00. The lowest BCUT2D eigenvalue weighted by atomic mass is 10.1. The van der Waals surface area contributed by atoms with Gasteiger partial charge in [0.15, 0.2) is 0 Å². The number of aromatic nitrogens is 1. The molecular formula is C18H24N4O4. The van der Waals surface area contributed by atoms with Crippen molar-refractivity contribution in [1.29, 1.82) is 0 Å². The standard InChI is InChI=1S/C18H24N4O4/c1-2-26-18(25)21-9-7-20(8-10-21)17(24)15-11-16(23)22(13-15)12-14-3-5-19-6-4-14/h3-6,15H,2,7-13H2,1H3. The molecule has 1 aromatic rings. The normalized spacial score (nSPS) is 20.4. The van der Waals surface area contributed by atoms with Gasteiger partial charge in [-0.2, -0.15) is 0 Å². The van der Waals surface area contributed by atoms with E-state index in [9.17, 15) is 14.4 Å². The molecule has 8 heteroatoms. The van der Waals surface area contributed by atoms with Crippen LogP contribution in [0.15, 0.2) is 24.5 Å². The van der Waals surface area contributed by atoms with E-state index >= 15 is 0 Å². The van der Waals surface area contributed by atoms with Crippen LogP contribution in [-0.2, 0) is 20.9 Å². The quantitative estimate of drug-likeness (QED) is 0.791. The van der Waals surface area contributed by atoms with Crippen molar-refractivity contribution in [1.82, 2.24) is 19.7 Å². The lowest BCUT2D eigenvalue weighted by molar-refractivity contribution is -0.137. The summed E-state index contributed by atoms with van der Waals surface area (Å²) >= 11 is 0. The third-order valence-corrected chi connectivity index (χ3v) is 4.80. The number of hydrogen-bond acceptors (Lipinski definition) is 5. The molecule has 2 saturated heterocycles. The Hall–Kier alpha value is -2.64. The largest absolute Gasteiger partial charge is 0.450 e. The van der Waals surface area contributed by atoms with Crippen molar-refractivity contribution in [2.75, 3.05) is 39.3 Å². The molecule has 0 radical (unpaired) electrons. The predicted molar refractivity (Wildman–Crippen MR) is 92.9 cm³/mol. The molecule has 3 rings (SSSR count). The van der Waals surface area contributed by atoms with Crippen LogP contribution in [-0.4, -0.2) is 76.9 Å². The number of likely N-dealkylation sites (tertiary alicyclic amines) is 1. The number of rotatable bonds is 4. The molecule has 26 heavy (non-hydrogen) atoms. The smallest absolute Gasteiger partial charge is 0.409 e. The van der Waals surface area contributed by atoms with Crippen LogP contribution in [0.4, 0.5) is 4.79 Å². The maximum absolute atomic E-state index is 12.7. The maximum Gasteiger partial charge on any atom is 0.409 e. The Morgan fingerprint density at radius 3 is 2.46 bits per heavy atom. The minimum absolute atomic E-state index is 0.000845. The highest BCUT2D eigenvalue weighted by Gasteiger charge is 2.37. The van der Waals surface area contributed by atoms with Gasteiger partial charge in [-0.1, -0.05) is 0 Å². The Bertz CT molecular complexity index is 658. The average Bonchev–Trinajstić information content (AvgIpc) is 3.03. The van der Waals surface area contributed by atoms with E-state index in [0.29, 0.717) is 45.9 Å². The van der Waals surface area contributed by atoms with E-state index in [1.807, 2.05) is 12.1 Å². The highest BCUT2D eigenvalue weighted by molar-refractivity contribution is 5.89. The molecule has 0 saturated carbocycles. The molecule has 1 atom stereocenters. The highest BCUT2D eigenvalue weighted by atomic mass is 16.6. The fourth-order valence-corrected chi connectivity index (χ4v) is 3.38. The topological polar surface area (TPSA) is 83.0 Å². The number of pyridine rings is 1. The predicted octanol–water partition coefficient (Wildman–Crippen LogP) is 0.731. The van der Waals surface area contributed by atoms with E-state index in [2.05, 4.69) is 4.98 Å². The Balaban J connectivity index is 1.51. The van der Waals surface area contributed by atoms with Crippen LogP contribution in [0.2, 0.25) is 0 Å². The summed E-state index contributed by atoms with van der Waals surface area (Å²) in [4.78, 5) is 45.8. The van der Waals surface area contributed by atoms with Crippen LogP contribution in [0.1, 0.15) is 18.9 Å². The van der Waals surface area contributed by atoms with Gasteiger partial charge >= 0.3 is 6.09 Å². The summed E-state index contributed by atoms with van der Waals surface area (Å²) in [7, 11) is 0. The van der Waals surface area contributed by atoms with E-state index in [4.69, 9.17) is 4.74 Å². The molecular weight excluding hydrogens is 336 g/mol. The first-order valence-corrected chi connectivity index (χ1v) is 8.95. The molecule has 0 bridgehead atoms. The van der Waals surface area contributed by atoms with Crippen molar-refractivity contribution in [3.8, 4) is 0 Å². The number of amides is 3. The van der Waals surface area contributed by atoms with Crippen LogP contribution in [0.5, 0.6) is 0 Å². The van der Waals surface area contributed by atoms with Gasteiger partial charge in [-0.15, -0.1) is 0 Å². The first kappa shape index (κ1) is 18.2. The Morgan fingerprint density at radius 2 is 1.81 bits per heavy atom. The van der Waals surface area contributed by atoms with Crippen molar-refractivity contribution in [3.63, 3.8) is 0 Å². The molecule has 3 heterocycles. The molecule has 8 nitrogen and oxygen atoms in total.